The van der Waals surface area contributed by atoms with Crippen LogP contribution in [0.5, 0.6) is 0 Å². The Morgan fingerprint density at radius 1 is 1.38 bits per heavy atom. The highest BCUT2D eigenvalue weighted by atomic mass is 16.1. The summed E-state index contributed by atoms with van der Waals surface area (Å²) in [4.78, 5) is 11.7. The lowest BCUT2D eigenvalue weighted by Crippen LogP contribution is -2.07. The molecular formula is C14H21NO. The number of Topliss-reactive ketones (excluding diaryl/α,β-unsaturated/α-hetero) is 1. The van der Waals surface area contributed by atoms with E-state index in [0.717, 1.165) is 31.4 Å². The minimum absolute atomic E-state index is 0.336. The van der Waals surface area contributed by atoms with E-state index in [-0.39, 0.29) is 0 Å². The van der Waals surface area contributed by atoms with E-state index in [1.165, 1.54) is 18.4 Å². The molecule has 1 aromatic heterocycles. The van der Waals surface area contributed by atoms with Crippen molar-refractivity contribution in [2.45, 2.75) is 52.5 Å². The number of nitrogens with zero attached hydrogens (tertiary/aromatic N) is 1. The Labute approximate surface area is 97.7 Å². The van der Waals surface area contributed by atoms with Crippen molar-refractivity contribution < 1.29 is 4.79 Å². The van der Waals surface area contributed by atoms with Gasteiger partial charge in [0.2, 0.25) is 0 Å². The number of fused-ring (bicyclic) bond motifs is 1. The third kappa shape index (κ3) is 2.37. The first-order valence-corrected chi connectivity index (χ1v) is 6.42. The molecule has 0 N–H and O–H groups in total. The highest BCUT2D eigenvalue weighted by Crippen LogP contribution is 2.23. The molecule has 1 unspecified atom stereocenters. The van der Waals surface area contributed by atoms with E-state index < -0.39 is 0 Å². The third-order valence-corrected chi connectivity index (χ3v) is 3.42. The number of hydrogen-bond acceptors (Lipinski definition) is 1. The first-order chi connectivity index (χ1) is 7.70. The molecule has 2 nitrogen and oxygen atoms in total. The van der Waals surface area contributed by atoms with Gasteiger partial charge in [-0.15, -0.1) is 0 Å². The summed E-state index contributed by atoms with van der Waals surface area (Å²) in [5, 5.41) is 0. The Kier molecular flexibility index (Phi) is 3.47. The minimum Gasteiger partial charge on any atom is -0.353 e. The largest absolute Gasteiger partial charge is 0.353 e. The monoisotopic (exact) mass is 219 g/mol. The van der Waals surface area contributed by atoms with Gasteiger partial charge in [0.25, 0.3) is 0 Å². The predicted octanol–water partition coefficient (Wildman–Crippen LogP) is 3.44. The average molecular weight is 219 g/mol. The standard InChI is InChI=1S/C14H21NO/c1-3-5-11(2)8-15-9-12-6-4-7-14(16)13(12)10-15/h9-11H,3-8H2,1-2H3. The SMILES string of the molecule is CCCC(C)Cn1cc2c(c1)C(=O)CCC2. The average Bonchev–Trinajstić information content (AvgIpc) is 2.62. The van der Waals surface area contributed by atoms with Gasteiger partial charge in [0.1, 0.15) is 0 Å². The van der Waals surface area contributed by atoms with Crippen molar-refractivity contribution in [3.8, 4) is 0 Å². The number of carbonyl (C=O) groups excluding carboxylic acids is 1. The first kappa shape index (κ1) is 11.4. The highest BCUT2D eigenvalue weighted by Gasteiger charge is 2.19. The number of hydrogen-bond donors (Lipinski definition) is 0. The van der Waals surface area contributed by atoms with Crippen LogP contribution in [0.3, 0.4) is 0 Å². The van der Waals surface area contributed by atoms with Crippen LogP contribution in [0.4, 0.5) is 0 Å². The second-order valence-electron chi connectivity index (χ2n) is 5.06. The lowest BCUT2D eigenvalue weighted by Gasteiger charge is -2.10. The Balaban J connectivity index is 2.09. The number of rotatable bonds is 4. The molecule has 0 bridgehead atoms. The van der Waals surface area contributed by atoms with Gasteiger partial charge in [-0.3, -0.25) is 4.79 Å². The van der Waals surface area contributed by atoms with Crippen LogP contribution in [0.25, 0.3) is 0 Å². The van der Waals surface area contributed by atoms with Crippen molar-refractivity contribution in [1.82, 2.24) is 4.57 Å². The van der Waals surface area contributed by atoms with E-state index in [1.807, 2.05) is 0 Å². The zero-order chi connectivity index (χ0) is 11.5. The summed E-state index contributed by atoms with van der Waals surface area (Å²) in [5.74, 6) is 1.04. The maximum Gasteiger partial charge on any atom is 0.164 e. The molecule has 1 atom stereocenters. The zero-order valence-electron chi connectivity index (χ0n) is 10.3. The van der Waals surface area contributed by atoms with Crippen LogP contribution in [-0.2, 0) is 13.0 Å². The fourth-order valence-corrected chi connectivity index (χ4v) is 2.63. The summed E-state index contributed by atoms with van der Waals surface area (Å²) in [6.07, 6.45) is 9.58. The quantitative estimate of drug-likeness (QED) is 0.760. The molecule has 0 saturated carbocycles. The zero-order valence-corrected chi connectivity index (χ0v) is 10.3. The fraction of sp³-hybridized carbons (Fsp3) is 0.643. The molecule has 1 heterocycles. The van der Waals surface area contributed by atoms with Crippen molar-refractivity contribution >= 4 is 5.78 Å². The highest BCUT2D eigenvalue weighted by molar-refractivity contribution is 5.98. The van der Waals surface area contributed by atoms with Crippen LogP contribution in [0, 0.1) is 5.92 Å². The summed E-state index contributed by atoms with van der Waals surface area (Å²) >= 11 is 0. The van der Waals surface area contributed by atoms with Crippen molar-refractivity contribution in [3.05, 3.63) is 23.5 Å². The van der Waals surface area contributed by atoms with Crippen molar-refractivity contribution in [1.29, 1.82) is 0 Å². The third-order valence-electron chi connectivity index (χ3n) is 3.42. The van der Waals surface area contributed by atoms with Gasteiger partial charge in [-0.25, -0.2) is 0 Å². The molecule has 1 aliphatic rings. The first-order valence-electron chi connectivity index (χ1n) is 6.42. The van der Waals surface area contributed by atoms with E-state index in [4.69, 9.17) is 0 Å². The molecule has 0 aromatic carbocycles. The molecule has 16 heavy (non-hydrogen) atoms. The van der Waals surface area contributed by atoms with E-state index in [0.29, 0.717) is 11.7 Å². The van der Waals surface area contributed by atoms with E-state index in [1.54, 1.807) is 0 Å². The molecule has 0 fully saturated rings. The number of aromatic nitrogens is 1. The maximum atomic E-state index is 11.7. The summed E-state index contributed by atoms with van der Waals surface area (Å²) in [6.45, 7) is 5.55. The van der Waals surface area contributed by atoms with Gasteiger partial charge in [-0.2, -0.15) is 0 Å². The van der Waals surface area contributed by atoms with Crippen LogP contribution in [0.1, 0.15) is 55.5 Å². The Morgan fingerprint density at radius 3 is 2.88 bits per heavy atom. The summed E-state index contributed by atoms with van der Waals surface area (Å²) in [7, 11) is 0. The second-order valence-corrected chi connectivity index (χ2v) is 5.06. The lowest BCUT2D eigenvalue weighted by molar-refractivity contribution is 0.0973. The topological polar surface area (TPSA) is 22.0 Å². The van der Waals surface area contributed by atoms with Gasteiger partial charge in [0, 0.05) is 30.9 Å². The number of carbonyl (C=O) groups is 1. The van der Waals surface area contributed by atoms with E-state index in [9.17, 15) is 4.79 Å². The molecule has 0 saturated heterocycles. The van der Waals surface area contributed by atoms with Crippen molar-refractivity contribution in [3.63, 3.8) is 0 Å². The normalized spacial score (nSPS) is 17.2. The molecule has 0 aliphatic heterocycles. The van der Waals surface area contributed by atoms with Crippen LogP contribution >= 0.6 is 0 Å². The van der Waals surface area contributed by atoms with Crippen LogP contribution in [0.2, 0.25) is 0 Å². The Morgan fingerprint density at radius 2 is 2.19 bits per heavy atom. The van der Waals surface area contributed by atoms with Gasteiger partial charge in [-0.1, -0.05) is 20.3 Å². The maximum absolute atomic E-state index is 11.7. The molecule has 1 aromatic rings. The molecule has 0 amide bonds. The van der Waals surface area contributed by atoms with Crippen LogP contribution in [0.15, 0.2) is 12.4 Å². The summed E-state index contributed by atoms with van der Waals surface area (Å²) in [6, 6.07) is 0. The summed E-state index contributed by atoms with van der Waals surface area (Å²) < 4.78 is 2.22. The van der Waals surface area contributed by atoms with Crippen LogP contribution < -0.4 is 0 Å². The fourth-order valence-electron chi connectivity index (χ4n) is 2.63. The second kappa shape index (κ2) is 4.86. The van der Waals surface area contributed by atoms with Gasteiger partial charge < -0.3 is 4.57 Å². The number of aryl methyl sites for hydroxylation is 1. The van der Waals surface area contributed by atoms with E-state index >= 15 is 0 Å². The predicted molar refractivity (Wildman–Crippen MR) is 65.8 cm³/mol. The molecule has 0 radical (unpaired) electrons. The van der Waals surface area contributed by atoms with E-state index in [2.05, 4.69) is 30.8 Å². The number of ketones is 1. The molecule has 2 heteroatoms. The molecule has 88 valence electrons. The van der Waals surface area contributed by atoms with Crippen molar-refractivity contribution in [2.75, 3.05) is 0 Å². The van der Waals surface area contributed by atoms with Gasteiger partial charge >= 0.3 is 0 Å². The molecule has 1 aliphatic carbocycles. The van der Waals surface area contributed by atoms with Gasteiger partial charge in [0.05, 0.1) is 0 Å². The minimum atomic E-state index is 0.336. The lowest BCUT2D eigenvalue weighted by atomic mass is 9.95. The van der Waals surface area contributed by atoms with Crippen LogP contribution in [-0.4, -0.2) is 10.4 Å². The summed E-state index contributed by atoms with van der Waals surface area (Å²) in [5.41, 5.74) is 2.25. The Hall–Kier alpha value is -1.05. The molecule has 0 spiro atoms. The Bertz CT molecular complexity index is 378. The molecule has 2 rings (SSSR count). The van der Waals surface area contributed by atoms with Crippen molar-refractivity contribution in [2.24, 2.45) is 5.92 Å². The van der Waals surface area contributed by atoms with Gasteiger partial charge in [0.15, 0.2) is 5.78 Å². The molecular weight excluding hydrogens is 198 g/mol. The smallest absolute Gasteiger partial charge is 0.164 e. The van der Waals surface area contributed by atoms with Gasteiger partial charge in [-0.05, 0) is 30.7 Å².